The largest absolute Gasteiger partial charge is 0.451 e. The first-order valence-corrected chi connectivity index (χ1v) is 6.76. The fraction of sp³-hybridized carbons (Fsp3) is 0.500. The van der Waals surface area contributed by atoms with Gasteiger partial charge >= 0.3 is 5.97 Å². The molecule has 20 heavy (non-hydrogen) atoms. The van der Waals surface area contributed by atoms with Gasteiger partial charge in [-0.05, 0) is 20.8 Å². The molecular weight excluding hydrogens is 282 g/mol. The number of thiazole rings is 1. The lowest BCUT2D eigenvalue weighted by atomic mass is 10.1. The third kappa shape index (κ3) is 5.79. The normalized spacial score (nSPS) is 10.8. The quantitative estimate of drug-likeness (QED) is 0.813. The first-order valence-electron chi connectivity index (χ1n) is 5.88. The molecular formula is C12H17N3O4S. The number of aromatic nitrogens is 1. The lowest BCUT2D eigenvalue weighted by molar-refractivity contribution is -0.125. The van der Waals surface area contributed by atoms with Gasteiger partial charge in [0.1, 0.15) is 0 Å². The number of hydrogen-bond acceptors (Lipinski definition) is 6. The number of ether oxygens (including phenoxy) is 1. The molecule has 0 bridgehead atoms. The van der Waals surface area contributed by atoms with Crippen LogP contribution < -0.4 is 10.6 Å². The summed E-state index contributed by atoms with van der Waals surface area (Å²) in [6.07, 6.45) is 0. The fourth-order valence-electron chi connectivity index (χ4n) is 1.23. The highest BCUT2D eigenvalue weighted by Crippen LogP contribution is 2.15. The Kier molecular flexibility index (Phi) is 5.20. The Morgan fingerprint density at radius 3 is 2.55 bits per heavy atom. The molecule has 0 aliphatic heterocycles. The van der Waals surface area contributed by atoms with Crippen LogP contribution in [0.2, 0.25) is 0 Å². The number of esters is 1. The van der Waals surface area contributed by atoms with E-state index in [1.165, 1.54) is 12.3 Å². The van der Waals surface area contributed by atoms with Crippen molar-refractivity contribution in [1.29, 1.82) is 0 Å². The number of hydrogen-bond donors (Lipinski definition) is 2. The summed E-state index contributed by atoms with van der Waals surface area (Å²) in [6, 6.07) is 0. The summed E-state index contributed by atoms with van der Waals surface area (Å²) in [6.45, 7) is 6.45. The van der Waals surface area contributed by atoms with E-state index in [1.54, 1.807) is 0 Å². The summed E-state index contributed by atoms with van der Waals surface area (Å²) in [5.41, 5.74) is -0.329. The van der Waals surface area contributed by atoms with Gasteiger partial charge in [-0.25, -0.2) is 9.78 Å². The van der Waals surface area contributed by atoms with Gasteiger partial charge in [0, 0.05) is 17.8 Å². The van der Waals surface area contributed by atoms with E-state index < -0.39 is 5.97 Å². The first-order chi connectivity index (χ1) is 9.17. The van der Waals surface area contributed by atoms with E-state index in [1.807, 2.05) is 20.8 Å². The average Bonchev–Trinajstić information content (AvgIpc) is 2.71. The minimum atomic E-state index is -0.707. The highest BCUT2D eigenvalue weighted by Gasteiger charge is 2.17. The number of rotatable bonds is 4. The van der Waals surface area contributed by atoms with Gasteiger partial charge < -0.3 is 15.4 Å². The molecule has 0 radical (unpaired) electrons. The zero-order valence-corrected chi connectivity index (χ0v) is 12.6. The number of carbonyl (C=O) groups excluding carboxylic acids is 3. The molecule has 0 atom stereocenters. The van der Waals surface area contributed by atoms with Crippen molar-refractivity contribution in [3.63, 3.8) is 0 Å². The lowest BCUT2D eigenvalue weighted by Gasteiger charge is -2.20. The zero-order valence-electron chi connectivity index (χ0n) is 11.8. The number of amides is 2. The van der Waals surface area contributed by atoms with Gasteiger partial charge in [-0.15, -0.1) is 11.3 Å². The predicted molar refractivity (Wildman–Crippen MR) is 74.6 cm³/mol. The van der Waals surface area contributed by atoms with Gasteiger partial charge in [-0.2, -0.15) is 0 Å². The van der Waals surface area contributed by atoms with E-state index in [4.69, 9.17) is 4.74 Å². The molecule has 0 fully saturated rings. The summed E-state index contributed by atoms with van der Waals surface area (Å²) in [4.78, 5) is 37.8. The summed E-state index contributed by atoms with van der Waals surface area (Å²) < 4.78 is 4.83. The second-order valence-corrected chi connectivity index (χ2v) is 5.95. The Morgan fingerprint density at radius 2 is 2.00 bits per heavy atom. The van der Waals surface area contributed by atoms with Crippen molar-refractivity contribution in [2.45, 2.75) is 33.2 Å². The summed E-state index contributed by atoms with van der Waals surface area (Å²) >= 11 is 1.11. The molecule has 1 aromatic rings. The summed E-state index contributed by atoms with van der Waals surface area (Å²) in [5, 5.41) is 6.89. The van der Waals surface area contributed by atoms with Crippen LogP contribution in [0.4, 0.5) is 5.13 Å². The molecule has 2 N–H and O–H groups in total. The Labute approximate surface area is 120 Å². The summed E-state index contributed by atoms with van der Waals surface area (Å²) in [5.74, 6) is -1.37. The molecule has 0 aliphatic carbocycles. The molecule has 0 aromatic carbocycles. The van der Waals surface area contributed by atoms with Crippen LogP contribution in [0.1, 0.15) is 38.2 Å². The molecule has 7 nitrogen and oxygen atoms in total. The van der Waals surface area contributed by atoms with Crippen LogP contribution in [0.5, 0.6) is 0 Å². The maximum Gasteiger partial charge on any atom is 0.358 e. The first kappa shape index (κ1) is 16.1. The number of nitrogens with one attached hydrogen (secondary N) is 2. The SMILES string of the molecule is CC(=O)Nc1nc(C(=O)OCC(=O)NC(C)(C)C)cs1. The molecule has 0 unspecified atom stereocenters. The number of nitrogens with zero attached hydrogens (tertiary/aromatic N) is 1. The van der Waals surface area contributed by atoms with Crippen molar-refractivity contribution < 1.29 is 19.1 Å². The van der Waals surface area contributed by atoms with Crippen molar-refractivity contribution in [2.24, 2.45) is 0 Å². The lowest BCUT2D eigenvalue weighted by Crippen LogP contribution is -2.42. The van der Waals surface area contributed by atoms with Crippen LogP contribution in [0, 0.1) is 0 Å². The fourth-order valence-corrected chi connectivity index (χ4v) is 1.96. The molecule has 0 aliphatic rings. The number of carbonyl (C=O) groups is 3. The van der Waals surface area contributed by atoms with Gasteiger partial charge in [0.25, 0.3) is 5.91 Å². The number of anilines is 1. The molecule has 110 valence electrons. The van der Waals surface area contributed by atoms with Crippen LogP contribution in [0.15, 0.2) is 5.38 Å². The van der Waals surface area contributed by atoms with Gasteiger partial charge in [-0.3, -0.25) is 9.59 Å². The second kappa shape index (κ2) is 6.47. The van der Waals surface area contributed by atoms with Crippen molar-refractivity contribution in [3.8, 4) is 0 Å². The average molecular weight is 299 g/mol. The standard InChI is InChI=1S/C12H17N3O4S/c1-7(16)13-11-14-8(6-20-11)10(18)19-5-9(17)15-12(2,3)4/h6H,5H2,1-4H3,(H,15,17)(H,13,14,16). The van der Waals surface area contributed by atoms with Crippen LogP contribution >= 0.6 is 11.3 Å². The third-order valence-electron chi connectivity index (χ3n) is 1.85. The molecule has 8 heteroatoms. The van der Waals surface area contributed by atoms with Crippen molar-refractivity contribution in [1.82, 2.24) is 10.3 Å². The highest BCUT2D eigenvalue weighted by molar-refractivity contribution is 7.14. The topological polar surface area (TPSA) is 97.4 Å². The van der Waals surface area contributed by atoms with E-state index in [-0.39, 0.29) is 29.7 Å². The van der Waals surface area contributed by atoms with E-state index >= 15 is 0 Å². The molecule has 1 aromatic heterocycles. The van der Waals surface area contributed by atoms with Gasteiger partial charge in [0.15, 0.2) is 17.4 Å². The molecule has 0 saturated carbocycles. The minimum Gasteiger partial charge on any atom is -0.451 e. The maximum atomic E-state index is 11.6. The third-order valence-corrected chi connectivity index (χ3v) is 2.60. The van der Waals surface area contributed by atoms with Crippen molar-refractivity contribution >= 4 is 34.3 Å². The molecule has 1 heterocycles. The van der Waals surface area contributed by atoms with Crippen LogP contribution in [-0.2, 0) is 14.3 Å². The molecule has 1 rings (SSSR count). The zero-order chi connectivity index (χ0) is 15.3. The second-order valence-electron chi connectivity index (χ2n) is 5.09. The van der Waals surface area contributed by atoms with Crippen LogP contribution in [-0.4, -0.2) is 34.9 Å². The predicted octanol–water partition coefficient (Wildman–Crippen LogP) is 1.17. The van der Waals surface area contributed by atoms with E-state index in [0.717, 1.165) is 11.3 Å². The van der Waals surface area contributed by atoms with Gasteiger partial charge in [0.05, 0.1) is 0 Å². The van der Waals surface area contributed by atoms with Crippen LogP contribution in [0.25, 0.3) is 0 Å². The Morgan fingerprint density at radius 1 is 1.35 bits per heavy atom. The van der Waals surface area contributed by atoms with Crippen molar-refractivity contribution in [2.75, 3.05) is 11.9 Å². The Balaban J connectivity index is 2.49. The Bertz CT molecular complexity index is 519. The molecule has 0 spiro atoms. The van der Waals surface area contributed by atoms with E-state index in [9.17, 15) is 14.4 Å². The molecule has 2 amide bonds. The smallest absolute Gasteiger partial charge is 0.358 e. The van der Waals surface area contributed by atoms with E-state index in [0.29, 0.717) is 5.13 Å². The van der Waals surface area contributed by atoms with Crippen molar-refractivity contribution in [3.05, 3.63) is 11.1 Å². The Hall–Kier alpha value is -1.96. The summed E-state index contributed by atoms with van der Waals surface area (Å²) in [7, 11) is 0. The monoisotopic (exact) mass is 299 g/mol. The molecule has 0 saturated heterocycles. The van der Waals surface area contributed by atoms with Gasteiger partial charge in [0.2, 0.25) is 5.91 Å². The van der Waals surface area contributed by atoms with E-state index in [2.05, 4.69) is 15.6 Å². The minimum absolute atomic E-state index is 0.0577. The van der Waals surface area contributed by atoms with Gasteiger partial charge in [-0.1, -0.05) is 0 Å². The van der Waals surface area contributed by atoms with Crippen LogP contribution in [0.3, 0.4) is 0 Å². The highest BCUT2D eigenvalue weighted by atomic mass is 32.1. The maximum absolute atomic E-state index is 11.6.